The van der Waals surface area contributed by atoms with E-state index in [-0.39, 0.29) is 0 Å². The van der Waals surface area contributed by atoms with Gasteiger partial charge in [0.05, 0.1) is 0 Å². The minimum absolute atomic E-state index is 0.759. The van der Waals surface area contributed by atoms with Crippen molar-refractivity contribution in [2.75, 3.05) is 35.4 Å². The fourth-order valence-corrected chi connectivity index (χ4v) is 10.3. The largest absolute Gasteiger partial charge is 0.387 e. The van der Waals surface area contributed by atoms with E-state index in [9.17, 15) is 16.8 Å². The highest BCUT2D eigenvalue weighted by Crippen LogP contribution is 2.81. The molecule has 16 heteroatoms. The van der Waals surface area contributed by atoms with Crippen molar-refractivity contribution in [1.82, 2.24) is 4.67 Å². The molecule has 0 saturated heterocycles. The van der Waals surface area contributed by atoms with Gasteiger partial charge in [0, 0.05) is 21.3 Å². The van der Waals surface area contributed by atoms with Crippen LogP contribution < -0.4 is 0 Å². The first kappa shape index (κ1) is 19.5. The molecule has 0 aliphatic carbocycles. The molecule has 0 aromatic heterocycles. The summed E-state index contributed by atoms with van der Waals surface area (Å²) in [6.45, 7) is 0. The molecule has 0 aromatic rings. The molecule has 1 rings (SSSR count). The summed E-state index contributed by atoms with van der Waals surface area (Å²) in [7, 11) is -14.1. The highest BCUT2D eigenvalue weighted by atomic mass is 31.3. The van der Waals surface area contributed by atoms with Crippen LogP contribution in [0.4, 0.5) is 16.8 Å². The van der Waals surface area contributed by atoms with Crippen LogP contribution in [0, 0.1) is 0 Å². The Labute approximate surface area is 120 Å². The molecule has 21 heavy (non-hydrogen) atoms. The molecule has 1 heterocycles. The standard InChI is InChI=1S/C5H15F4N5O3P4/c1-14(2)18(6)10-19(7,15-3)12-21(9,17-5)13-20(8,11-18)16-4/h1-5H3/t18?,19-,20?,21?/m0/s1. The van der Waals surface area contributed by atoms with Crippen LogP contribution in [0.3, 0.4) is 0 Å². The zero-order valence-corrected chi connectivity index (χ0v) is 15.3. The molecular weight excluding hydrogens is 378 g/mol. The first-order valence-corrected chi connectivity index (χ1v) is 11.2. The van der Waals surface area contributed by atoms with Gasteiger partial charge < -0.3 is 13.6 Å². The third-order valence-electron chi connectivity index (χ3n) is 2.10. The van der Waals surface area contributed by atoms with Gasteiger partial charge in [0.25, 0.3) is 0 Å². The second-order valence-electron chi connectivity index (χ2n) is 3.67. The van der Waals surface area contributed by atoms with Crippen molar-refractivity contribution < 1.29 is 30.4 Å². The maximum absolute atomic E-state index is 14.7. The van der Waals surface area contributed by atoms with Crippen LogP contribution in [-0.4, -0.2) is 40.1 Å². The molecule has 0 N–H and O–H groups in total. The number of nitrogens with zero attached hydrogens (tertiary/aromatic N) is 5. The number of halogens is 4. The molecular formula is C5H15F4N5O3P4. The van der Waals surface area contributed by atoms with Crippen LogP contribution in [-0.2, 0) is 13.6 Å². The lowest BCUT2D eigenvalue weighted by Gasteiger charge is -2.24. The SMILES string of the molecule is COP1(F)=NP(F)(OC)=N[P@@](F)(OC)=NP(F)(N(C)C)=N1. The number of hydrogen-bond acceptors (Lipinski definition) is 8. The predicted molar refractivity (Wildman–Crippen MR) is 76.5 cm³/mol. The summed E-state index contributed by atoms with van der Waals surface area (Å²) < 4.78 is 83.8. The van der Waals surface area contributed by atoms with Crippen molar-refractivity contribution in [3.63, 3.8) is 0 Å². The quantitative estimate of drug-likeness (QED) is 0.423. The van der Waals surface area contributed by atoms with Crippen molar-refractivity contribution in [3.05, 3.63) is 0 Å². The predicted octanol–water partition coefficient (Wildman–Crippen LogP) is 6.16. The smallest absolute Gasteiger partial charge is 0.307 e. The lowest BCUT2D eigenvalue weighted by atomic mass is 11.3. The Bertz CT molecular complexity index is 632. The van der Waals surface area contributed by atoms with Gasteiger partial charge in [-0.25, -0.2) is 4.67 Å². The van der Waals surface area contributed by atoms with E-state index in [1.54, 1.807) is 0 Å². The van der Waals surface area contributed by atoms with Crippen molar-refractivity contribution in [2.24, 2.45) is 18.1 Å². The molecule has 1 aliphatic heterocycles. The number of rotatable bonds is 4. The molecule has 0 fully saturated rings. The van der Waals surface area contributed by atoms with Crippen molar-refractivity contribution >= 4 is 30.9 Å². The summed E-state index contributed by atoms with van der Waals surface area (Å²) in [5, 5.41) is 0. The van der Waals surface area contributed by atoms with Crippen molar-refractivity contribution in [2.45, 2.75) is 0 Å². The van der Waals surface area contributed by atoms with Crippen LogP contribution >= 0.6 is 30.9 Å². The highest BCUT2D eigenvalue weighted by Gasteiger charge is 2.40. The molecule has 126 valence electrons. The summed E-state index contributed by atoms with van der Waals surface area (Å²) >= 11 is 0. The zero-order chi connectivity index (χ0) is 16.5. The molecule has 0 radical (unpaired) electrons. The Morgan fingerprint density at radius 2 is 1.00 bits per heavy atom. The second-order valence-corrected chi connectivity index (χ2v) is 12.3. The number of hydrogen-bond donors (Lipinski definition) is 0. The molecule has 8 nitrogen and oxygen atoms in total. The van der Waals surface area contributed by atoms with Gasteiger partial charge in [-0.05, 0) is 14.1 Å². The normalized spacial score (nSPS) is 43.9. The maximum Gasteiger partial charge on any atom is 0.387 e. The van der Waals surface area contributed by atoms with E-state index >= 15 is 0 Å². The maximum atomic E-state index is 14.7. The van der Waals surface area contributed by atoms with Crippen LogP contribution in [0.1, 0.15) is 0 Å². The molecule has 0 aromatic carbocycles. The van der Waals surface area contributed by atoms with Gasteiger partial charge in [-0.15, -0.1) is 18.1 Å². The van der Waals surface area contributed by atoms with E-state index in [0.29, 0.717) is 0 Å². The van der Waals surface area contributed by atoms with Crippen molar-refractivity contribution in [1.29, 1.82) is 0 Å². The fourth-order valence-electron chi connectivity index (χ4n) is 1.00. The first-order valence-electron chi connectivity index (χ1n) is 5.14. The van der Waals surface area contributed by atoms with Gasteiger partial charge >= 0.3 is 30.9 Å². The lowest BCUT2D eigenvalue weighted by molar-refractivity contribution is 0.401. The van der Waals surface area contributed by atoms with E-state index < -0.39 is 30.9 Å². The summed E-state index contributed by atoms with van der Waals surface area (Å²) in [4.78, 5) is 0. The van der Waals surface area contributed by atoms with E-state index in [4.69, 9.17) is 0 Å². The third kappa shape index (κ3) is 4.49. The molecule has 0 bridgehead atoms. The van der Waals surface area contributed by atoms with Crippen molar-refractivity contribution in [3.8, 4) is 0 Å². The monoisotopic (exact) mass is 393 g/mol. The summed E-state index contributed by atoms with van der Waals surface area (Å²) in [6, 6.07) is 0. The Morgan fingerprint density at radius 3 is 1.33 bits per heavy atom. The van der Waals surface area contributed by atoms with E-state index in [0.717, 1.165) is 40.1 Å². The first-order chi connectivity index (χ1) is 9.45. The van der Waals surface area contributed by atoms with Gasteiger partial charge in [0.1, 0.15) is 0 Å². The Hall–Kier alpha value is 0.480. The third-order valence-corrected chi connectivity index (χ3v) is 11.6. The van der Waals surface area contributed by atoms with Crippen LogP contribution in [0.15, 0.2) is 18.1 Å². The molecule has 0 amide bonds. The zero-order valence-electron chi connectivity index (χ0n) is 11.8. The van der Waals surface area contributed by atoms with Gasteiger partial charge in [0.2, 0.25) is 0 Å². The average Bonchev–Trinajstić information content (AvgIpc) is 2.36. The van der Waals surface area contributed by atoms with Gasteiger partial charge in [-0.3, -0.25) is 0 Å². The average molecular weight is 393 g/mol. The second kappa shape index (κ2) is 6.54. The lowest BCUT2D eigenvalue weighted by Crippen LogP contribution is -2.04. The molecule has 1 aliphatic rings. The molecule has 4 atom stereocenters. The molecule has 3 unspecified atom stereocenters. The van der Waals surface area contributed by atoms with Crippen LogP contribution in [0.2, 0.25) is 0 Å². The Balaban J connectivity index is 3.86. The topological polar surface area (TPSA) is 80.4 Å². The highest BCUT2D eigenvalue weighted by molar-refractivity contribution is 7.78. The van der Waals surface area contributed by atoms with E-state index in [1.807, 2.05) is 0 Å². The Kier molecular flexibility index (Phi) is 6.08. The minimum Gasteiger partial charge on any atom is -0.307 e. The van der Waals surface area contributed by atoms with E-state index in [2.05, 4.69) is 31.6 Å². The summed E-state index contributed by atoms with van der Waals surface area (Å²) in [6.07, 6.45) is 0. The van der Waals surface area contributed by atoms with Crippen LogP contribution in [0.5, 0.6) is 0 Å². The molecule has 0 saturated carbocycles. The fraction of sp³-hybridized carbons (Fsp3) is 1.00. The van der Waals surface area contributed by atoms with Crippen LogP contribution in [0.25, 0.3) is 0 Å². The van der Waals surface area contributed by atoms with Gasteiger partial charge in [-0.2, -0.15) is 16.8 Å². The Morgan fingerprint density at radius 1 is 0.667 bits per heavy atom. The van der Waals surface area contributed by atoms with E-state index in [1.165, 1.54) is 0 Å². The minimum atomic E-state index is -4.78. The van der Waals surface area contributed by atoms with Gasteiger partial charge in [0.15, 0.2) is 0 Å². The summed E-state index contributed by atoms with van der Waals surface area (Å²) in [5.74, 6) is 0. The summed E-state index contributed by atoms with van der Waals surface area (Å²) in [5.41, 5.74) is 0. The van der Waals surface area contributed by atoms with Gasteiger partial charge in [-0.1, -0.05) is 0 Å². The molecule has 0 spiro atoms.